The second kappa shape index (κ2) is 8.28. The van der Waals surface area contributed by atoms with Gasteiger partial charge in [-0.15, -0.1) is 0 Å². The molecule has 23 heavy (non-hydrogen) atoms. The summed E-state index contributed by atoms with van der Waals surface area (Å²) in [6.45, 7) is 3.80. The topological polar surface area (TPSA) is 76.5 Å². The summed E-state index contributed by atoms with van der Waals surface area (Å²) in [5.74, 6) is 0.680. The van der Waals surface area contributed by atoms with E-state index in [1.807, 2.05) is 44.2 Å². The highest BCUT2D eigenvalue weighted by Gasteiger charge is 2.05. The molecule has 0 saturated heterocycles. The average Bonchev–Trinajstić information content (AvgIpc) is 2.52. The number of rotatable bonds is 6. The molecular formula is C16H18N4O2S. The maximum Gasteiger partial charge on any atom is 0.250 e. The average molecular weight is 330 g/mol. The van der Waals surface area contributed by atoms with Crippen molar-refractivity contribution in [1.82, 2.24) is 15.4 Å². The Labute approximate surface area is 139 Å². The van der Waals surface area contributed by atoms with Gasteiger partial charge in [0.05, 0.1) is 19.1 Å². The summed E-state index contributed by atoms with van der Waals surface area (Å²) >= 11 is 1.28. The summed E-state index contributed by atoms with van der Waals surface area (Å²) in [6, 6.07) is 9.32. The first-order valence-corrected chi connectivity index (χ1v) is 7.97. The number of methoxy groups -OCH3 is 1. The van der Waals surface area contributed by atoms with Gasteiger partial charge in [-0.2, -0.15) is 5.10 Å². The molecule has 0 aliphatic heterocycles. The molecule has 120 valence electrons. The van der Waals surface area contributed by atoms with E-state index in [0.717, 1.165) is 17.0 Å². The third-order valence-corrected chi connectivity index (χ3v) is 3.67. The summed E-state index contributed by atoms with van der Waals surface area (Å²) in [6.07, 6.45) is 1.55. The van der Waals surface area contributed by atoms with Crippen LogP contribution >= 0.6 is 11.8 Å². The predicted octanol–water partition coefficient (Wildman–Crippen LogP) is 2.34. The monoisotopic (exact) mass is 330 g/mol. The Kier molecular flexibility index (Phi) is 6.10. The van der Waals surface area contributed by atoms with Gasteiger partial charge in [0.1, 0.15) is 5.75 Å². The molecule has 0 unspecified atom stereocenters. The van der Waals surface area contributed by atoms with Crippen LogP contribution in [0, 0.1) is 13.8 Å². The number of hydrazone groups is 1. The number of nitrogens with zero attached hydrogens (tertiary/aromatic N) is 3. The molecule has 0 fully saturated rings. The molecule has 1 heterocycles. The molecule has 2 rings (SSSR count). The summed E-state index contributed by atoms with van der Waals surface area (Å²) in [7, 11) is 1.59. The molecule has 0 aliphatic carbocycles. The molecular weight excluding hydrogens is 312 g/mol. The van der Waals surface area contributed by atoms with E-state index in [4.69, 9.17) is 4.74 Å². The first-order valence-electron chi connectivity index (χ1n) is 6.98. The number of nitrogens with one attached hydrogen (secondary N) is 1. The number of para-hydroxylation sites is 1. The van der Waals surface area contributed by atoms with E-state index in [2.05, 4.69) is 20.5 Å². The Balaban J connectivity index is 1.86. The van der Waals surface area contributed by atoms with Gasteiger partial charge in [-0.1, -0.05) is 23.9 Å². The quantitative estimate of drug-likeness (QED) is 0.381. The van der Waals surface area contributed by atoms with Crippen molar-refractivity contribution in [2.45, 2.75) is 19.0 Å². The number of benzene rings is 1. The molecule has 1 aromatic heterocycles. The van der Waals surface area contributed by atoms with Crippen LogP contribution in [0.15, 0.2) is 40.6 Å². The van der Waals surface area contributed by atoms with E-state index >= 15 is 0 Å². The highest BCUT2D eigenvalue weighted by Crippen LogP contribution is 2.15. The number of aromatic nitrogens is 2. The van der Waals surface area contributed by atoms with Crippen molar-refractivity contribution in [2.75, 3.05) is 12.9 Å². The third kappa shape index (κ3) is 5.37. The predicted molar refractivity (Wildman–Crippen MR) is 91.0 cm³/mol. The van der Waals surface area contributed by atoms with Crippen LogP contribution in [0.1, 0.15) is 17.0 Å². The van der Waals surface area contributed by atoms with Crippen molar-refractivity contribution >= 4 is 23.9 Å². The first-order chi connectivity index (χ1) is 11.1. The van der Waals surface area contributed by atoms with Crippen LogP contribution < -0.4 is 10.2 Å². The molecule has 0 atom stereocenters. The minimum Gasteiger partial charge on any atom is -0.496 e. The maximum atomic E-state index is 11.8. The van der Waals surface area contributed by atoms with Gasteiger partial charge in [-0.05, 0) is 32.0 Å². The normalized spacial score (nSPS) is 10.7. The minimum atomic E-state index is -0.219. The molecule has 1 N–H and O–H groups in total. The lowest BCUT2D eigenvalue weighted by atomic mass is 10.2. The zero-order valence-corrected chi connectivity index (χ0v) is 14.1. The molecule has 1 aromatic carbocycles. The minimum absolute atomic E-state index is 0.201. The first kappa shape index (κ1) is 17.0. The fourth-order valence-corrected chi connectivity index (χ4v) is 2.61. The van der Waals surface area contributed by atoms with Gasteiger partial charge < -0.3 is 4.74 Å². The Morgan fingerprint density at radius 2 is 2.00 bits per heavy atom. The van der Waals surface area contributed by atoms with Gasteiger partial charge in [-0.3, -0.25) is 4.79 Å². The van der Waals surface area contributed by atoms with Gasteiger partial charge in [-0.25, -0.2) is 15.4 Å². The lowest BCUT2D eigenvalue weighted by molar-refractivity contribution is -0.118. The van der Waals surface area contributed by atoms with E-state index in [-0.39, 0.29) is 11.7 Å². The van der Waals surface area contributed by atoms with Crippen LogP contribution in [0.25, 0.3) is 0 Å². The van der Waals surface area contributed by atoms with Crippen LogP contribution in [-0.4, -0.2) is 35.0 Å². The second-order valence-electron chi connectivity index (χ2n) is 4.76. The van der Waals surface area contributed by atoms with Gasteiger partial charge in [0.25, 0.3) is 5.91 Å². The van der Waals surface area contributed by atoms with Crippen LogP contribution in [-0.2, 0) is 4.79 Å². The molecule has 7 heteroatoms. The van der Waals surface area contributed by atoms with Gasteiger partial charge in [0.2, 0.25) is 0 Å². The van der Waals surface area contributed by atoms with Crippen molar-refractivity contribution in [3.8, 4) is 5.75 Å². The van der Waals surface area contributed by atoms with Crippen molar-refractivity contribution in [3.63, 3.8) is 0 Å². The number of amides is 1. The number of aryl methyl sites for hydroxylation is 2. The van der Waals surface area contributed by atoms with E-state index in [9.17, 15) is 4.79 Å². The highest BCUT2D eigenvalue weighted by atomic mass is 32.2. The largest absolute Gasteiger partial charge is 0.496 e. The summed E-state index contributed by atoms with van der Waals surface area (Å²) in [5, 5.41) is 4.53. The Bertz CT molecular complexity index is 699. The van der Waals surface area contributed by atoms with E-state index in [1.165, 1.54) is 11.8 Å². The molecule has 6 nitrogen and oxygen atoms in total. The zero-order chi connectivity index (χ0) is 16.7. The molecule has 0 spiro atoms. The van der Waals surface area contributed by atoms with Crippen LogP contribution in [0.4, 0.5) is 0 Å². The smallest absolute Gasteiger partial charge is 0.250 e. The van der Waals surface area contributed by atoms with Gasteiger partial charge in [0, 0.05) is 17.0 Å². The standard InChI is InChI=1S/C16H18N4O2S/c1-11-8-12(2)19-16(18-11)23-10-15(21)20-17-9-13-6-4-5-7-14(13)22-3/h4-9H,10H2,1-3H3,(H,20,21)/b17-9-. The number of hydrogen-bond donors (Lipinski definition) is 1. The molecule has 1 amide bonds. The molecule has 0 aliphatic rings. The van der Waals surface area contributed by atoms with Crippen molar-refractivity contribution in [3.05, 3.63) is 47.3 Å². The SMILES string of the molecule is COc1ccccc1/C=N\NC(=O)CSc1nc(C)cc(C)n1. The Hall–Kier alpha value is -2.41. The number of carbonyl (C=O) groups excluding carboxylic acids is 1. The highest BCUT2D eigenvalue weighted by molar-refractivity contribution is 7.99. The molecule has 0 saturated carbocycles. The van der Waals surface area contributed by atoms with Crippen LogP contribution in [0.5, 0.6) is 5.75 Å². The summed E-state index contributed by atoms with van der Waals surface area (Å²) in [5.41, 5.74) is 5.04. The second-order valence-corrected chi connectivity index (χ2v) is 5.70. The van der Waals surface area contributed by atoms with E-state index < -0.39 is 0 Å². The number of ether oxygens (including phenoxy) is 1. The van der Waals surface area contributed by atoms with Gasteiger partial charge >= 0.3 is 0 Å². The van der Waals surface area contributed by atoms with Crippen LogP contribution in [0.3, 0.4) is 0 Å². The number of thioether (sulfide) groups is 1. The summed E-state index contributed by atoms with van der Waals surface area (Å²) < 4.78 is 5.21. The van der Waals surface area contributed by atoms with Crippen molar-refractivity contribution < 1.29 is 9.53 Å². The maximum absolute atomic E-state index is 11.8. The fraction of sp³-hybridized carbons (Fsp3) is 0.250. The molecule has 2 aromatic rings. The zero-order valence-electron chi connectivity index (χ0n) is 13.2. The third-order valence-electron chi connectivity index (χ3n) is 2.83. The van der Waals surface area contributed by atoms with Crippen molar-refractivity contribution in [2.24, 2.45) is 5.10 Å². The van der Waals surface area contributed by atoms with E-state index in [1.54, 1.807) is 13.3 Å². The Morgan fingerprint density at radius 1 is 1.30 bits per heavy atom. The lowest BCUT2D eigenvalue weighted by Gasteiger charge is -2.04. The lowest BCUT2D eigenvalue weighted by Crippen LogP contribution is -2.19. The summed E-state index contributed by atoms with van der Waals surface area (Å²) in [4.78, 5) is 20.3. The fourth-order valence-electron chi connectivity index (χ4n) is 1.87. The van der Waals surface area contributed by atoms with Crippen molar-refractivity contribution in [1.29, 1.82) is 0 Å². The van der Waals surface area contributed by atoms with Gasteiger partial charge in [0.15, 0.2) is 5.16 Å². The van der Waals surface area contributed by atoms with E-state index in [0.29, 0.717) is 10.9 Å². The molecule has 0 radical (unpaired) electrons. The number of carbonyl (C=O) groups is 1. The molecule has 0 bridgehead atoms. The Morgan fingerprint density at radius 3 is 2.70 bits per heavy atom. The van der Waals surface area contributed by atoms with Crippen LogP contribution in [0.2, 0.25) is 0 Å². The number of hydrogen-bond acceptors (Lipinski definition) is 6.